The van der Waals surface area contributed by atoms with Gasteiger partial charge in [0.1, 0.15) is 5.76 Å². The number of rotatable bonds is 4. The number of hydrogen-bond donors (Lipinski definition) is 1. The molecule has 5 rings (SSSR count). The van der Waals surface area contributed by atoms with Gasteiger partial charge in [0, 0.05) is 17.4 Å². The van der Waals surface area contributed by atoms with Crippen molar-refractivity contribution in [3.8, 4) is 11.3 Å². The summed E-state index contributed by atoms with van der Waals surface area (Å²) >= 11 is 1.16. The second-order valence-electron chi connectivity index (χ2n) is 7.81. The Hall–Kier alpha value is -3.82. The number of fused-ring (bicyclic) bond motifs is 2. The van der Waals surface area contributed by atoms with Gasteiger partial charge in [0.15, 0.2) is 26.0 Å². The van der Waals surface area contributed by atoms with Gasteiger partial charge in [0.05, 0.1) is 26.1 Å². The Labute approximate surface area is 198 Å². The molecule has 34 heavy (non-hydrogen) atoms. The van der Waals surface area contributed by atoms with E-state index in [1.165, 1.54) is 12.1 Å². The number of para-hydroxylation sites is 1. The zero-order valence-corrected chi connectivity index (χ0v) is 19.8. The molecule has 1 N–H and O–H groups in total. The smallest absolute Gasteiger partial charge is 0.261 e. The molecule has 1 amide bonds. The molecule has 7 nitrogen and oxygen atoms in total. The van der Waals surface area contributed by atoms with Crippen LogP contribution >= 0.6 is 11.3 Å². The van der Waals surface area contributed by atoms with Crippen LogP contribution in [0.25, 0.3) is 32.5 Å². The van der Waals surface area contributed by atoms with E-state index in [0.29, 0.717) is 32.1 Å². The van der Waals surface area contributed by atoms with E-state index in [1.54, 1.807) is 31.2 Å². The number of thiazole rings is 1. The lowest BCUT2D eigenvalue weighted by molar-refractivity contribution is 0.102. The van der Waals surface area contributed by atoms with Gasteiger partial charge in [0.25, 0.3) is 5.91 Å². The number of anilines is 1. The van der Waals surface area contributed by atoms with Gasteiger partial charge in [-0.15, -0.1) is 0 Å². The summed E-state index contributed by atoms with van der Waals surface area (Å²) in [5, 5.41) is 3.37. The van der Waals surface area contributed by atoms with Crippen molar-refractivity contribution in [3.63, 3.8) is 0 Å². The Balaban J connectivity index is 1.57. The van der Waals surface area contributed by atoms with E-state index in [2.05, 4.69) is 10.3 Å². The topological polar surface area (TPSA) is 106 Å². The molecule has 3 aromatic carbocycles. The molecule has 9 heteroatoms. The average Bonchev–Trinajstić information content (AvgIpc) is 3.22. The molecular weight excluding hydrogens is 472 g/mol. The van der Waals surface area contributed by atoms with Gasteiger partial charge in [0.2, 0.25) is 0 Å². The second kappa shape index (κ2) is 8.19. The van der Waals surface area contributed by atoms with E-state index < -0.39 is 15.7 Å². The van der Waals surface area contributed by atoms with Crippen LogP contribution in [-0.4, -0.2) is 25.6 Å². The zero-order chi connectivity index (χ0) is 24.0. The normalized spacial score (nSPS) is 11.7. The highest BCUT2D eigenvalue weighted by atomic mass is 32.2. The lowest BCUT2D eigenvalue weighted by Gasteiger charge is -2.10. The maximum Gasteiger partial charge on any atom is 0.261 e. The molecule has 5 aromatic rings. The maximum atomic E-state index is 13.2. The minimum Gasteiger partial charge on any atom is -0.455 e. The van der Waals surface area contributed by atoms with Crippen LogP contribution in [0.3, 0.4) is 0 Å². The van der Waals surface area contributed by atoms with Crippen molar-refractivity contribution in [2.45, 2.75) is 11.8 Å². The standard InChI is InChI=1S/C25H18N2O5S2/c1-14-21(28)17-9-6-10-18(23(17)32-22(14)15-7-4-3-5-8-15)24(29)27-25-26-19-12-11-16(34(2,30)31)13-20(19)33-25/h3-13H,1-2H3,(H,26,27,29). The number of carbonyl (C=O) groups excluding carboxylic acids is 1. The van der Waals surface area contributed by atoms with Gasteiger partial charge in [-0.05, 0) is 37.3 Å². The van der Waals surface area contributed by atoms with Crippen molar-refractivity contribution in [1.29, 1.82) is 0 Å². The summed E-state index contributed by atoms with van der Waals surface area (Å²) < 4.78 is 30.4. The Morgan fingerprint density at radius 1 is 1.03 bits per heavy atom. The van der Waals surface area contributed by atoms with Gasteiger partial charge in [-0.2, -0.15) is 0 Å². The van der Waals surface area contributed by atoms with Crippen LogP contribution in [0.1, 0.15) is 15.9 Å². The van der Waals surface area contributed by atoms with Crippen LogP contribution in [0.5, 0.6) is 0 Å². The number of nitrogens with one attached hydrogen (secondary N) is 1. The number of hydrogen-bond acceptors (Lipinski definition) is 7. The summed E-state index contributed by atoms with van der Waals surface area (Å²) in [4.78, 5) is 30.8. The van der Waals surface area contributed by atoms with E-state index in [4.69, 9.17) is 4.42 Å². The zero-order valence-electron chi connectivity index (χ0n) is 18.2. The monoisotopic (exact) mass is 490 g/mol. The Morgan fingerprint density at radius 2 is 1.79 bits per heavy atom. The summed E-state index contributed by atoms with van der Waals surface area (Å²) in [6, 6.07) is 18.7. The molecule has 170 valence electrons. The highest BCUT2D eigenvalue weighted by Gasteiger charge is 2.19. The van der Waals surface area contributed by atoms with Crippen LogP contribution in [0, 0.1) is 6.92 Å². The predicted octanol–water partition coefficient (Wildman–Crippen LogP) is 5.03. The Morgan fingerprint density at radius 3 is 2.53 bits per heavy atom. The number of amides is 1. The van der Waals surface area contributed by atoms with Gasteiger partial charge in [-0.3, -0.25) is 14.9 Å². The van der Waals surface area contributed by atoms with Crippen molar-refractivity contribution < 1.29 is 17.6 Å². The van der Waals surface area contributed by atoms with Gasteiger partial charge in [-0.1, -0.05) is 47.7 Å². The Kier molecular flexibility index (Phi) is 5.30. The summed E-state index contributed by atoms with van der Waals surface area (Å²) in [5.41, 5.74) is 1.95. The van der Waals surface area contributed by atoms with E-state index in [1.807, 2.05) is 30.3 Å². The van der Waals surface area contributed by atoms with Crippen LogP contribution in [-0.2, 0) is 9.84 Å². The lowest BCUT2D eigenvalue weighted by Crippen LogP contribution is -2.14. The first-order valence-electron chi connectivity index (χ1n) is 10.3. The maximum absolute atomic E-state index is 13.2. The summed E-state index contributed by atoms with van der Waals surface area (Å²) in [7, 11) is -3.36. The highest BCUT2D eigenvalue weighted by molar-refractivity contribution is 7.90. The van der Waals surface area contributed by atoms with Crippen molar-refractivity contribution in [3.05, 3.63) is 88.1 Å². The number of aromatic nitrogens is 1. The van der Waals surface area contributed by atoms with Crippen molar-refractivity contribution in [1.82, 2.24) is 4.98 Å². The van der Waals surface area contributed by atoms with E-state index in [-0.39, 0.29) is 21.5 Å². The lowest BCUT2D eigenvalue weighted by atomic mass is 10.0. The third kappa shape index (κ3) is 3.89. The summed E-state index contributed by atoms with van der Waals surface area (Å²) in [6.07, 6.45) is 1.14. The molecule has 0 aliphatic rings. The molecule has 2 heterocycles. The number of sulfone groups is 1. The molecule has 0 aliphatic heterocycles. The summed E-state index contributed by atoms with van der Waals surface area (Å²) in [5.74, 6) is -0.0781. The molecule has 0 unspecified atom stereocenters. The first-order chi connectivity index (χ1) is 16.2. The molecule has 0 radical (unpaired) electrons. The highest BCUT2D eigenvalue weighted by Crippen LogP contribution is 2.30. The van der Waals surface area contributed by atoms with Crippen LogP contribution in [0.4, 0.5) is 5.13 Å². The number of carbonyl (C=O) groups is 1. The molecular formula is C25H18N2O5S2. The molecule has 0 saturated heterocycles. The fourth-order valence-corrected chi connectivity index (χ4v) is 5.33. The fraction of sp³-hybridized carbons (Fsp3) is 0.0800. The molecule has 0 atom stereocenters. The van der Waals surface area contributed by atoms with Crippen molar-refractivity contribution in [2.75, 3.05) is 11.6 Å². The van der Waals surface area contributed by atoms with E-state index in [0.717, 1.165) is 23.2 Å². The van der Waals surface area contributed by atoms with Gasteiger partial charge < -0.3 is 4.42 Å². The number of benzene rings is 3. The molecule has 0 saturated carbocycles. The fourth-order valence-electron chi connectivity index (χ4n) is 3.71. The van der Waals surface area contributed by atoms with E-state index >= 15 is 0 Å². The van der Waals surface area contributed by atoms with Crippen LogP contribution < -0.4 is 10.7 Å². The SMILES string of the molecule is Cc1c(-c2ccccc2)oc2c(C(=O)Nc3nc4ccc(S(C)(=O)=O)cc4s3)cccc2c1=O. The van der Waals surface area contributed by atoms with Gasteiger partial charge >= 0.3 is 0 Å². The minimum absolute atomic E-state index is 0.182. The second-order valence-corrected chi connectivity index (χ2v) is 10.9. The third-order valence-corrected chi connectivity index (χ3v) is 7.48. The minimum atomic E-state index is -3.36. The largest absolute Gasteiger partial charge is 0.455 e. The molecule has 0 fully saturated rings. The molecule has 0 aliphatic carbocycles. The number of nitrogens with zero attached hydrogens (tertiary/aromatic N) is 1. The third-order valence-electron chi connectivity index (χ3n) is 5.43. The van der Waals surface area contributed by atoms with Crippen LogP contribution in [0.2, 0.25) is 0 Å². The predicted molar refractivity (Wildman–Crippen MR) is 133 cm³/mol. The first-order valence-corrected chi connectivity index (χ1v) is 13.0. The summed E-state index contributed by atoms with van der Waals surface area (Å²) in [6.45, 7) is 1.70. The first kappa shape index (κ1) is 22.0. The molecule has 0 spiro atoms. The molecule has 0 bridgehead atoms. The van der Waals surface area contributed by atoms with Crippen molar-refractivity contribution in [2.24, 2.45) is 0 Å². The van der Waals surface area contributed by atoms with Crippen molar-refractivity contribution >= 4 is 53.4 Å². The van der Waals surface area contributed by atoms with E-state index in [9.17, 15) is 18.0 Å². The Bertz CT molecular complexity index is 1750. The van der Waals surface area contributed by atoms with Crippen LogP contribution in [0.15, 0.2) is 80.8 Å². The quantitative estimate of drug-likeness (QED) is 0.379. The average molecular weight is 491 g/mol. The molecule has 2 aromatic heterocycles. The van der Waals surface area contributed by atoms with Gasteiger partial charge in [-0.25, -0.2) is 13.4 Å².